The average molecular weight is 277 g/mol. The summed E-state index contributed by atoms with van der Waals surface area (Å²) in [5.41, 5.74) is 1.25. The Bertz CT molecular complexity index is 436. The second kappa shape index (κ2) is 6.75. The van der Waals surface area contributed by atoms with Gasteiger partial charge in [0.1, 0.15) is 5.75 Å². The number of carbonyl (C=O) groups excluding carboxylic acids is 1. The van der Waals surface area contributed by atoms with Crippen molar-refractivity contribution in [3.8, 4) is 5.75 Å². The third kappa shape index (κ3) is 4.23. The van der Waals surface area contributed by atoms with Gasteiger partial charge in [0.2, 0.25) is 0 Å². The lowest BCUT2D eigenvalue weighted by atomic mass is 9.82. The van der Waals surface area contributed by atoms with Gasteiger partial charge < -0.3 is 15.2 Å². The second-order valence-corrected chi connectivity index (χ2v) is 5.81. The zero-order valence-corrected chi connectivity index (χ0v) is 12.1. The molecule has 1 aromatic carbocycles. The maximum Gasteiger partial charge on any atom is 0.257 e. The van der Waals surface area contributed by atoms with Crippen molar-refractivity contribution in [3.63, 3.8) is 0 Å². The van der Waals surface area contributed by atoms with E-state index >= 15 is 0 Å². The molecule has 2 rings (SSSR count). The molecule has 0 atom stereocenters. The number of carbonyl (C=O) groups is 1. The molecular weight excluding hydrogens is 254 g/mol. The molecule has 0 bridgehead atoms. The third-order valence-electron chi connectivity index (χ3n) is 3.72. The van der Waals surface area contributed by atoms with Crippen molar-refractivity contribution < 1.29 is 14.6 Å². The first-order chi connectivity index (χ1) is 9.54. The average Bonchev–Trinajstić information content (AvgIpc) is 2.40. The SMILES string of the molecule is CC(C)c1ccc(OCC(=O)NCC2CC(O)C2)cc1. The molecule has 1 fully saturated rings. The molecule has 0 aliphatic heterocycles. The number of ether oxygens (including phenoxy) is 1. The summed E-state index contributed by atoms with van der Waals surface area (Å²) < 4.78 is 5.45. The summed E-state index contributed by atoms with van der Waals surface area (Å²) in [4.78, 5) is 11.6. The van der Waals surface area contributed by atoms with Gasteiger partial charge in [-0.25, -0.2) is 0 Å². The Kier molecular flexibility index (Phi) is 5.01. The summed E-state index contributed by atoms with van der Waals surface area (Å²) in [5.74, 6) is 1.51. The summed E-state index contributed by atoms with van der Waals surface area (Å²) in [6.45, 7) is 4.95. The van der Waals surface area contributed by atoms with Gasteiger partial charge in [0.15, 0.2) is 6.61 Å². The fraction of sp³-hybridized carbons (Fsp3) is 0.562. The number of amides is 1. The first-order valence-electron chi connectivity index (χ1n) is 7.22. The number of rotatable bonds is 6. The molecule has 1 aliphatic rings. The van der Waals surface area contributed by atoms with Crippen molar-refractivity contribution in [1.29, 1.82) is 0 Å². The van der Waals surface area contributed by atoms with Gasteiger partial charge >= 0.3 is 0 Å². The molecule has 1 aromatic rings. The Morgan fingerprint density at radius 2 is 2.00 bits per heavy atom. The summed E-state index contributed by atoms with van der Waals surface area (Å²) in [6, 6.07) is 7.83. The van der Waals surface area contributed by atoms with Crippen LogP contribution in [0.5, 0.6) is 5.75 Å². The monoisotopic (exact) mass is 277 g/mol. The molecule has 0 unspecified atom stereocenters. The van der Waals surface area contributed by atoms with E-state index in [1.165, 1.54) is 5.56 Å². The zero-order valence-electron chi connectivity index (χ0n) is 12.1. The Morgan fingerprint density at radius 1 is 1.35 bits per heavy atom. The Balaban J connectivity index is 1.67. The third-order valence-corrected chi connectivity index (χ3v) is 3.72. The maximum atomic E-state index is 11.6. The van der Waals surface area contributed by atoms with E-state index < -0.39 is 0 Å². The minimum atomic E-state index is -0.173. The number of hydrogen-bond acceptors (Lipinski definition) is 3. The van der Waals surface area contributed by atoms with Crippen LogP contribution in [0.4, 0.5) is 0 Å². The molecule has 0 spiro atoms. The van der Waals surface area contributed by atoms with Gasteiger partial charge in [-0.2, -0.15) is 0 Å². The van der Waals surface area contributed by atoms with Gasteiger partial charge in [0.05, 0.1) is 6.10 Å². The van der Waals surface area contributed by atoms with Crippen LogP contribution in [-0.4, -0.2) is 30.3 Å². The molecule has 0 saturated heterocycles. The molecule has 4 nitrogen and oxygen atoms in total. The van der Waals surface area contributed by atoms with E-state index in [1.54, 1.807) is 0 Å². The van der Waals surface area contributed by atoms with Crippen LogP contribution in [0.2, 0.25) is 0 Å². The number of benzene rings is 1. The Hall–Kier alpha value is -1.55. The van der Waals surface area contributed by atoms with Gasteiger partial charge in [0.25, 0.3) is 5.91 Å². The van der Waals surface area contributed by atoms with E-state index in [2.05, 4.69) is 19.2 Å². The fourth-order valence-corrected chi connectivity index (χ4v) is 2.27. The van der Waals surface area contributed by atoms with E-state index in [1.807, 2.05) is 24.3 Å². The molecule has 110 valence electrons. The highest BCUT2D eigenvalue weighted by Crippen LogP contribution is 2.26. The molecule has 20 heavy (non-hydrogen) atoms. The first-order valence-corrected chi connectivity index (χ1v) is 7.22. The van der Waals surface area contributed by atoms with Crippen LogP contribution >= 0.6 is 0 Å². The molecule has 0 radical (unpaired) electrons. The largest absolute Gasteiger partial charge is 0.484 e. The number of aliphatic hydroxyl groups excluding tert-OH is 1. The fourth-order valence-electron chi connectivity index (χ4n) is 2.27. The Labute approximate surface area is 120 Å². The first kappa shape index (κ1) is 14.9. The van der Waals surface area contributed by atoms with E-state index in [4.69, 9.17) is 9.84 Å². The zero-order chi connectivity index (χ0) is 14.5. The number of hydrogen-bond donors (Lipinski definition) is 2. The van der Waals surface area contributed by atoms with Crippen LogP contribution in [0, 0.1) is 5.92 Å². The van der Waals surface area contributed by atoms with Crippen molar-refractivity contribution >= 4 is 5.91 Å². The maximum absolute atomic E-state index is 11.6. The van der Waals surface area contributed by atoms with Crippen molar-refractivity contribution in [2.24, 2.45) is 5.92 Å². The molecule has 1 aliphatic carbocycles. The quantitative estimate of drug-likeness (QED) is 0.837. The van der Waals surface area contributed by atoms with Gasteiger partial charge in [-0.15, -0.1) is 0 Å². The van der Waals surface area contributed by atoms with Crippen LogP contribution in [0.1, 0.15) is 38.2 Å². The summed E-state index contributed by atoms with van der Waals surface area (Å²) in [6.07, 6.45) is 1.41. The highest BCUT2D eigenvalue weighted by Gasteiger charge is 2.27. The predicted molar refractivity (Wildman–Crippen MR) is 77.8 cm³/mol. The smallest absolute Gasteiger partial charge is 0.257 e. The molecule has 1 saturated carbocycles. The van der Waals surface area contributed by atoms with E-state index in [0.29, 0.717) is 24.1 Å². The minimum Gasteiger partial charge on any atom is -0.484 e. The standard InChI is InChI=1S/C16H23NO3/c1-11(2)13-3-5-15(6-4-13)20-10-16(19)17-9-12-7-14(18)8-12/h3-6,11-12,14,18H,7-10H2,1-2H3,(H,17,19). The van der Waals surface area contributed by atoms with Gasteiger partial charge in [-0.3, -0.25) is 4.79 Å². The van der Waals surface area contributed by atoms with Gasteiger partial charge in [0, 0.05) is 6.54 Å². The van der Waals surface area contributed by atoms with Crippen LogP contribution in [0.25, 0.3) is 0 Å². The van der Waals surface area contributed by atoms with Gasteiger partial charge in [-0.05, 0) is 42.4 Å². The van der Waals surface area contributed by atoms with Crippen LogP contribution in [-0.2, 0) is 4.79 Å². The van der Waals surface area contributed by atoms with E-state index in [9.17, 15) is 4.79 Å². The van der Waals surface area contributed by atoms with Gasteiger partial charge in [-0.1, -0.05) is 26.0 Å². The molecule has 2 N–H and O–H groups in total. The molecule has 4 heteroatoms. The molecule has 0 aromatic heterocycles. The Morgan fingerprint density at radius 3 is 2.55 bits per heavy atom. The van der Waals surface area contributed by atoms with Crippen molar-refractivity contribution in [3.05, 3.63) is 29.8 Å². The topological polar surface area (TPSA) is 58.6 Å². The van der Waals surface area contributed by atoms with Crippen molar-refractivity contribution in [2.45, 2.75) is 38.7 Å². The predicted octanol–water partition coefficient (Wildman–Crippen LogP) is 2.08. The molecule has 0 heterocycles. The van der Waals surface area contributed by atoms with Crippen molar-refractivity contribution in [1.82, 2.24) is 5.32 Å². The summed E-state index contributed by atoms with van der Waals surface area (Å²) >= 11 is 0. The second-order valence-electron chi connectivity index (χ2n) is 5.81. The van der Waals surface area contributed by atoms with Crippen LogP contribution in [0.3, 0.4) is 0 Å². The molecule has 1 amide bonds. The van der Waals surface area contributed by atoms with Crippen molar-refractivity contribution in [2.75, 3.05) is 13.2 Å². The summed E-state index contributed by atoms with van der Waals surface area (Å²) in [7, 11) is 0. The highest BCUT2D eigenvalue weighted by molar-refractivity contribution is 5.77. The highest BCUT2D eigenvalue weighted by atomic mass is 16.5. The van der Waals surface area contributed by atoms with E-state index in [-0.39, 0.29) is 18.6 Å². The number of nitrogens with one attached hydrogen (secondary N) is 1. The number of aliphatic hydroxyl groups is 1. The lowest BCUT2D eigenvalue weighted by Crippen LogP contribution is -2.39. The normalized spacial score (nSPS) is 21.4. The van der Waals surface area contributed by atoms with E-state index in [0.717, 1.165) is 12.8 Å². The van der Waals surface area contributed by atoms with Crippen LogP contribution in [0.15, 0.2) is 24.3 Å². The lowest BCUT2D eigenvalue weighted by molar-refractivity contribution is -0.123. The minimum absolute atomic E-state index is 0.0380. The molecular formula is C16H23NO3. The van der Waals surface area contributed by atoms with Crippen LogP contribution < -0.4 is 10.1 Å². The lowest BCUT2D eigenvalue weighted by Gasteiger charge is -2.31. The summed E-state index contributed by atoms with van der Waals surface area (Å²) in [5, 5.41) is 12.0.